The van der Waals surface area contributed by atoms with Crippen molar-refractivity contribution in [3.05, 3.63) is 77.1 Å². The molecule has 1 unspecified atom stereocenters. The average molecular weight is 428 g/mol. The molecular weight excluding hydrogens is 394 g/mol. The molecular formula is C29H33NO2. The quantitative estimate of drug-likeness (QED) is 0.540. The summed E-state index contributed by atoms with van der Waals surface area (Å²) in [5, 5.41) is 0. The Morgan fingerprint density at radius 2 is 1.81 bits per heavy atom. The van der Waals surface area contributed by atoms with Crippen LogP contribution in [0.15, 0.2) is 65.9 Å². The molecule has 1 heterocycles. The summed E-state index contributed by atoms with van der Waals surface area (Å²) in [6, 6.07) is 17.7. The highest BCUT2D eigenvalue weighted by atomic mass is 16.5. The maximum absolute atomic E-state index is 5.95. The Morgan fingerprint density at radius 1 is 1.03 bits per heavy atom. The molecule has 1 aliphatic carbocycles. The molecule has 0 radical (unpaired) electrons. The van der Waals surface area contributed by atoms with E-state index in [2.05, 4.69) is 85.2 Å². The fraction of sp³-hybridized carbons (Fsp3) is 0.379. The highest BCUT2D eigenvalue weighted by molar-refractivity contribution is 5.79. The molecule has 1 saturated heterocycles. The van der Waals surface area contributed by atoms with Crippen molar-refractivity contribution in [2.75, 3.05) is 27.3 Å². The normalized spacial score (nSPS) is 21.4. The molecule has 166 valence electrons. The van der Waals surface area contributed by atoms with Crippen molar-refractivity contribution < 1.29 is 9.47 Å². The zero-order valence-corrected chi connectivity index (χ0v) is 19.7. The maximum Gasteiger partial charge on any atom is 0.144 e. The lowest BCUT2D eigenvalue weighted by atomic mass is 9.90. The summed E-state index contributed by atoms with van der Waals surface area (Å²) in [7, 11) is 3.49. The van der Waals surface area contributed by atoms with Crippen molar-refractivity contribution in [3.63, 3.8) is 0 Å². The van der Waals surface area contributed by atoms with E-state index in [4.69, 9.17) is 9.47 Å². The predicted molar refractivity (Wildman–Crippen MR) is 132 cm³/mol. The topological polar surface area (TPSA) is 21.7 Å². The lowest BCUT2D eigenvalue weighted by molar-refractivity contribution is 0.154. The molecule has 0 amide bonds. The largest absolute Gasteiger partial charge is 0.497 e. The Hall–Kier alpha value is -2.80. The SMILES string of the molecule is COC1=C(CN2CCC[C@H]2C)C(OC)C#CCC(c2cccc(-c3ccccc3)c2C)=C1. The van der Waals surface area contributed by atoms with Crippen LogP contribution in [0.1, 0.15) is 37.3 Å². The van der Waals surface area contributed by atoms with E-state index in [1.165, 1.54) is 40.7 Å². The summed E-state index contributed by atoms with van der Waals surface area (Å²) in [5.41, 5.74) is 7.27. The van der Waals surface area contributed by atoms with Gasteiger partial charge in [0, 0.05) is 31.7 Å². The second-order valence-corrected chi connectivity index (χ2v) is 8.68. The minimum atomic E-state index is -0.243. The van der Waals surface area contributed by atoms with Crippen LogP contribution >= 0.6 is 0 Å². The van der Waals surface area contributed by atoms with Gasteiger partial charge in [0.2, 0.25) is 0 Å². The van der Waals surface area contributed by atoms with Crippen molar-refractivity contribution in [1.82, 2.24) is 4.90 Å². The summed E-state index contributed by atoms with van der Waals surface area (Å²) >= 11 is 0. The summed E-state index contributed by atoms with van der Waals surface area (Å²) in [6.45, 7) is 6.44. The summed E-state index contributed by atoms with van der Waals surface area (Å²) < 4.78 is 11.7. The molecule has 0 saturated carbocycles. The molecule has 32 heavy (non-hydrogen) atoms. The van der Waals surface area contributed by atoms with Gasteiger partial charge in [-0.1, -0.05) is 60.4 Å². The predicted octanol–water partition coefficient (Wildman–Crippen LogP) is 5.85. The second kappa shape index (κ2) is 10.2. The van der Waals surface area contributed by atoms with Gasteiger partial charge >= 0.3 is 0 Å². The number of ether oxygens (including phenoxy) is 2. The number of benzene rings is 2. The highest BCUT2D eigenvalue weighted by Crippen LogP contribution is 2.33. The smallest absolute Gasteiger partial charge is 0.144 e. The molecule has 0 N–H and O–H groups in total. The van der Waals surface area contributed by atoms with Gasteiger partial charge in [0.1, 0.15) is 11.9 Å². The van der Waals surface area contributed by atoms with Crippen LogP contribution in [0.5, 0.6) is 0 Å². The van der Waals surface area contributed by atoms with Crippen molar-refractivity contribution in [1.29, 1.82) is 0 Å². The van der Waals surface area contributed by atoms with Crippen molar-refractivity contribution >= 4 is 5.57 Å². The molecule has 2 aliphatic rings. The molecule has 3 nitrogen and oxygen atoms in total. The molecule has 2 atom stereocenters. The van der Waals surface area contributed by atoms with E-state index in [-0.39, 0.29) is 6.10 Å². The Bertz CT molecular complexity index is 1070. The molecule has 4 rings (SSSR count). The van der Waals surface area contributed by atoms with Gasteiger partial charge in [-0.05, 0) is 67.1 Å². The second-order valence-electron chi connectivity index (χ2n) is 8.68. The van der Waals surface area contributed by atoms with Crippen molar-refractivity contribution in [2.24, 2.45) is 0 Å². The minimum Gasteiger partial charge on any atom is -0.497 e. The zero-order valence-electron chi connectivity index (χ0n) is 19.7. The van der Waals surface area contributed by atoms with Gasteiger partial charge in [-0.15, -0.1) is 0 Å². The number of rotatable bonds is 6. The number of methoxy groups -OCH3 is 2. The van der Waals surface area contributed by atoms with Gasteiger partial charge in [0.25, 0.3) is 0 Å². The molecule has 2 aromatic rings. The van der Waals surface area contributed by atoms with Crippen LogP contribution in [-0.4, -0.2) is 44.4 Å². The zero-order chi connectivity index (χ0) is 22.5. The van der Waals surface area contributed by atoms with Crippen LogP contribution in [0.25, 0.3) is 16.7 Å². The van der Waals surface area contributed by atoms with Crippen molar-refractivity contribution in [2.45, 2.75) is 45.3 Å². The Kier molecular flexibility index (Phi) is 7.15. The third-order valence-electron chi connectivity index (χ3n) is 6.73. The maximum atomic E-state index is 5.95. The van der Waals surface area contributed by atoms with E-state index in [9.17, 15) is 0 Å². The lowest BCUT2D eigenvalue weighted by Gasteiger charge is -2.27. The van der Waals surface area contributed by atoms with Gasteiger partial charge in [0.15, 0.2) is 0 Å². The summed E-state index contributed by atoms with van der Waals surface area (Å²) in [5.74, 6) is 7.62. The Balaban J connectivity index is 1.78. The molecule has 0 spiro atoms. The summed E-state index contributed by atoms with van der Waals surface area (Å²) in [6.07, 6.45) is 5.09. The van der Waals surface area contributed by atoms with Gasteiger partial charge in [-0.3, -0.25) is 4.90 Å². The average Bonchev–Trinajstić information content (AvgIpc) is 3.21. The summed E-state index contributed by atoms with van der Waals surface area (Å²) in [4.78, 5) is 2.51. The third-order valence-corrected chi connectivity index (χ3v) is 6.73. The molecule has 3 heteroatoms. The van der Waals surface area contributed by atoms with E-state index in [1.807, 2.05) is 0 Å². The van der Waals surface area contributed by atoms with E-state index in [1.54, 1.807) is 14.2 Å². The van der Waals surface area contributed by atoms with Crippen LogP contribution in [-0.2, 0) is 9.47 Å². The number of likely N-dealkylation sites (tertiary alicyclic amines) is 1. The Morgan fingerprint density at radius 3 is 2.50 bits per heavy atom. The third kappa shape index (κ3) is 4.67. The lowest BCUT2D eigenvalue weighted by Crippen LogP contribution is -2.33. The highest BCUT2D eigenvalue weighted by Gasteiger charge is 2.26. The van der Waals surface area contributed by atoms with Gasteiger partial charge < -0.3 is 9.47 Å². The number of allylic oxidation sites excluding steroid dienone is 2. The molecule has 0 bridgehead atoms. The van der Waals surface area contributed by atoms with E-state index >= 15 is 0 Å². The first-order chi connectivity index (χ1) is 15.6. The fourth-order valence-electron chi connectivity index (χ4n) is 4.84. The van der Waals surface area contributed by atoms with Crippen LogP contribution < -0.4 is 0 Å². The van der Waals surface area contributed by atoms with Gasteiger partial charge in [-0.25, -0.2) is 0 Å². The van der Waals surface area contributed by atoms with E-state index in [0.29, 0.717) is 12.5 Å². The fourth-order valence-corrected chi connectivity index (χ4v) is 4.84. The van der Waals surface area contributed by atoms with Crippen LogP contribution in [0.4, 0.5) is 0 Å². The first kappa shape index (κ1) is 22.4. The molecule has 2 aromatic carbocycles. The van der Waals surface area contributed by atoms with Gasteiger partial charge in [0.05, 0.1) is 7.11 Å². The van der Waals surface area contributed by atoms with Crippen LogP contribution in [0.2, 0.25) is 0 Å². The number of hydrogen-bond donors (Lipinski definition) is 0. The van der Waals surface area contributed by atoms with Gasteiger partial charge in [-0.2, -0.15) is 0 Å². The first-order valence-electron chi connectivity index (χ1n) is 11.5. The van der Waals surface area contributed by atoms with E-state index < -0.39 is 0 Å². The standard InChI is InChI=1S/C29H33NO2/c1-21-11-10-18-30(21)20-27-28(31-3)17-8-14-24(19-29(27)32-4)26-16-9-15-25(22(26)2)23-12-6-5-7-13-23/h5-7,9,12-13,15-16,19,21,28H,10-11,14,18,20H2,1-4H3/t21-,28?/m1/s1. The van der Waals surface area contributed by atoms with Crippen LogP contribution in [0.3, 0.4) is 0 Å². The Labute approximate surface area is 192 Å². The molecule has 1 fully saturated rings. The molecule has 0 aromatic heterocycles. The minimum absolute atomic E-state index is 0.243. The number of hydrogen-bond acceptors (Lipinski definition) is 3. The molecule has 1 aliphatic heterocycles. The number of nitrogens with zero attached hydrogens (tertiary/aromatic N) is 1. The monoisotopic (exact) mass is 427 g/mol. The van der Waals surface area contributed by atoms with Crippen LogP contribution in [0, 0.1) is 18.8 Å². The van der Waals surface area contributed by atoms with Crippen molar-refractivity contribution in [3.8, 4) is 23.0 Å². The first-order valence-corrected chi connectivity index (χ1v) is 11.5. The van der Waals surface area contributed by atoms with E-state index in [0.717, 1.165) is 24.4 Å².